The summed E-state index contributed by atoms with van der Waals surface area (Å²) in [6, 6.07) is 8.73. The molecule has 0 amide bonds. The smallest absolute Gasteiger partial charge is 0.311 e. The van der Waals surface area contributed by atoms with Crippen molar-refractivity contribution in [2.24, 2.45) is 0 Å². The molecule has 0 aliphatic carbocycles. The van der Waals surface area contributed by atoms with Crippen molar-refractivity contribution in [3.63, 3.8) is 0 Å². The van der Waals surface area contributed by atoms with Gasteiger partial charge in [-0.1, -0.05) is 30.4 Å². The normalized spacial score (nSPS) is 19.3. The topological polar surface area (TPSA) is 259 Å². The minimum absolute atomic E-state index is 0.00284. The zero-order valence-electron chi connectivity index (χ0n) is 38.6. The average Bonchev–Trinajstić information content (AvgIpc) is 3.63. The van der Waals surface area contributed by atoms with Gasteiger partial charge in [0.05, 0.1) is 36.9 Å². The summed E-state index contributed by atoms with van der Waals surface area (Å²) in [7, 11) is -16.6. The van der Waals surface area contributed by atoms with Crippen LogP contribution in [0.3, 0.4) is 0 Å². The van der Waals surface area contributed by atoms with Crippen molar-refractivity contribution in [3.05, 3.63) is 123 Å². The lowest BCUT2D eigenvalue weighted by atomic mass is 9.76. The lowest BCUT2D eigenvalue weighted by Crippen LogP contribution is -2.32. The van der Waals surface area contributed by atoms with Gasteiger partial charge in [-0.15, -0.1) is 0 Å². The van der Waals surface area contributed by atoms with Crippen LogP contribution in [-0.2, 0) is 60.8 Å². The third kappa shape index (κ3) is 14.5. The summed E-state index contributed by atoms with van der Waals surface area (Å²) in [6.45, 7) is 4.34. The van der Waals surface area contributed by atoms with Crippen LogP contribution in [0.4, 0.5) is 24.5 Å². The van der Waals surface area contributed by atoms with Crippen molar-refractivity contribution in [2.75, 3.05) is 43.2 Å². The largest absolute Gasteiger partial charge is 0.420 e. The van der Waals surface area contributed by atoms with Crippen LogP contribution in [-0.4, -0.2) is 106 Å². The van der Waals surface area contributed by atoms with Gasteiger partial charge in [-0.2, -0.15) is 42.6 Å². The van der Waals surface area contributed by atoms with Crippen LogP contribution in [0.1, 0.15) is 76.3 Å². The van der Waals surface area contributed by atoms with Gasteiger partial charge in [0.2, 0.25) is 17.3 Å². The van der Waals surface area contributed by atoms with Gasteiger partial charge < -0.3 is 14.4 Å². The molecule has 2 unspecified atom stereocenters. The predicted molar refractivity (Wildman–Crippen MR) is 266 cm³/mol. The number of ether oxygens (including phenoxy) is 2. The molecule has 0 spiro atoms. The average molecular weight is 1190 g/mol. The highest BCUT2D eigenvalue weighted by Crippen LogP contribution is 2.51. The van der Waals surface area contributed by atoms with Crippen LogP contribution >= 0.6 is 22.6 Å². The van der Waals surface area contributed by atoms with Gasteiger partial charge in [-0.25, -0.2) is 8.78 Å². The number of carbonyl (C=O) groups is 1. The van der Waals surface area contributed by atoms with Crippen LogP contribution in [0.15, 0.2) is 100 Å². The fraction of sp³-hybridized carbons (Fsp3) is 0.391. The third-order valence-electron chi connectivity index (χ3n) is 12.2. The summed E-state index contributed by atoms with van der Waals surface area (Å²) in [5.74, 6) is -7.56. The van der Waals surface area contributed by atoms with Crippen LogP contribution in [0.25, 0.3) is 0 Å². The Bertz CT molecular complexity index is 3140. The molecular weight excluding hydrogens is 1130 g/mol. The Morgan fingerprint density at radius 3 is 1.92 bits per heavy atom. The number of rotatable bonds is 24. The quantitative estimate of drug-likeness (QED) is 0.00967. The van der Waals surface area contributed by atoms with E-state index in [-0.39, 0.29) is 60.1 Å². The van der Waals surface area contributed by atoms with Gasteiger partial charge in [-0.05, 0) is 123 Å². The van der Waals surface area contributed by atoms with Crippen molar-refractivity contribution in [1.82, 2.24) is 0 Å². The number of methoxy groups -OCH3 is 1. The van der Waals surface area contributed by atoms with E-state index < -0.39 is 96.9 Å². The monoisotopic (exact) mass is 1190 g/mol. The lowest BCUT2D eigenvalue weighted by Gasteiger charge is -2.30. The van der Waals surface area contributed by atoms with Gasteiger partial charge in [0.25, 0.3) is 40.5 Å². The van der Waals surface area contributed by atoms with Gasteiger partial charge in [0.15, 0.2) is 17.3 Å². The molecule has 0 bridgehead atoms. The van der Waals surface area contributed by atoms with Crippen molar-refractivity contribution < 1.29 is 83.9 Å². The number of halogens is 4. The molecule has 388 valence electrons. The number of esters is 1. The molecule has 2 atom stereocenters. The van der Waals surface area contributed by atoms with Crippen molar-refractivity contribution in [2.45, 2.75) is 85.8 Å². The van der Waals surface area contributed by atoms with Crippen molar-refractivity contribution in [1.29, 1.82) is 0 Å². The predicted octanol–water partition coefficient (Wildman–Crippen LogP) is 8.04. The number of benzene rings is 3. The first kappa shape index (κ1) is 57.6. The second-order valence-electron chi connectivity index (χ2n) is 17.2. The molecule has 0 aromatic heterocycles. The van der Waals surface area contributed by atoms with E-state index in [9.17, 15) is 69.8 Å². The molecule has 2 heterocycles. The summed E-state index contributed by atoms with van der Waals surface area (Å²) in [4.78, 5) is 13.7. The second kappa shape index (κ2) is 23.3. The number of hydrogen-bond donors (Lipinski definition) is 4. The molecule has 4 N–H and O–H groups in total. The van der Waals surface area contributed by atoms with Crippen LogP contribution in [0.2, 0.25) is 0 Å². The maximum absolute atomic E-state index is 14.5. The first-order valence-corrected chi connectivity index (χ1v) is 29.0. The molecule has 17 nitrogen and oxygen atoms in total. The van der Waals surface area contributed by atoms with E-state index >= 15 is 0 Å². The molecule has 5 rings (SSSR count). The van der Waals surface area contributed by atoms with E-state index in [4.69, 9.17) is 9.47 Å². The zero-order valence-corrected chi connectivity index (χ0v) is 44.0. The number of hydrogen-bond acceptors (Lipinski definition) is 12. The Labute approximate surface area is 425 Å². The molecule has 71 heavy (non-hydrogen) atoms. The highest BCUT2D eigenvalue weighted by Gasteiger charge is 2.48. The molecule has 0 fully saturated rings. The van der Waals surface area contributed by atoms with Gasteiger partial charge in [-0.3, -0.25) is 23.0 Å². The molecule has 3 aromatic rings. The number of carbonyl (C=O) groups excluding carboxylic acids is 1. The summed E-state index contributed by atoms with van der Waals surface area (Å²) in [5, 5.41) is 0. The highest BCUT2D eigenvalue weighted by atomic mass is 127. The zero-order chi connectivity index (χ0) is 52.7. The van der Waals surface area contributed by atoms with Gasteiger partial charge in [0.1, 0.15) is 6.54 Å². The molecule has 3 aromatic carbocycles. The van der Waals surface area contributed by atoms with E-state index in [2.05, 4.69) is 0 Å². The van der Waals surface area contributed by atoms with Crippen LogP contribution < -0.4 is 9.64 Å². The number of anilines is 1. The van der Waals surface area contributed by atoms with Crippen molar-refractivity contribution >= 4 is 86.1 Å². The van der Waals surface area contributed by atoms with E-state index in [1.165, 1.54) is 66.1 Å². The summed E-state index contributed by atoms with van der Waals surface area (Å²) >= 11 is 1.44. The van der Waals surface area contributed by atoms with Crippen molar-refractivity contribution in [3.8, 4) is 5.75 Å². The minimum atomic E-state index is -4.70. The number of allylic oxidation sites excluding steroid dienone is 8. The summed E-state index contributed by atoms with van der Waals surface area (Å²) in [5.41, 5.74) is 1.11. The third-order valence-corrected chi connectivity index (χ3v) is 16.3. The first-order valence-electron chi connectivity index (χ1n) is 21.8. The maximum atomic E-state index is 14.5. The fourth-order valence-electron chi connectivity index (χ4n) is 8.80. The van der Waals surface area contributed by atoms with Gasteiger partial charge >= 0.3 is 5.97 Å². The SMILES string of the molecule is COCCN1/C(=C/C=C/C=C/C=C/C2=[N+](CCCCCC(=O)Oc3c(F)c(F)cc(I)c3F)c3ccc(S(=O)(=O)O)cc3C2(C)CCCS(=O)(=O)O)C(C)(CCCS(=O)(=O)O)c2cc(S(=O)(=O)O)ccc21. The van der Waals surface area contributed by atoms with Crippen LogP contribution in [0, 0.1) is 21.0 Å². The molecule has 25 heteroatoms. The maximum Gasteiger partial charge on any atom is 0.311 e. The number of nitrogens with zero attached hydrogens (tertiary/aromatic N) is 2. The van der Waals surface area contributed by atoms with E-state index in [0.29, 0.717) is 59.4 Å². The first-order chi connectivity index (χ1) is 33.0. The Balaban J connectivity index is 1.46. The molecule has 2 aliphatic rings. The number of fused-ring (bicyclic) bond motifs is 2. The molecule has 0 saturated carbocycles. The lowest BCUT2D eigenvalue weighted by molar-refractivity contribution is -0.438. The van der Waals surface area contributed by atoms with E-state index in [1.807, 2.05) is 9.48 Å². The van der Waals surface area contributed by atoms with E-state index in [1.54, 1.807) is 56.4 Å². The summed E-state index contributed by atoms with van der Waals surface area (Å²) < 4.78 is 189. The Hall–Kier alpha value is -4.32. The number of unbranched alkanes of at least 4 members (excludes halogenated alkanes) is 2. The standard InChI is InChI=1S/C46H52F3IN2O15S4/c1-45(21-12-26-68(54,55)56)33-28-31(70(60,61)62)17-19-37(33)51(23-11-7-10-16-41(53)67-44-42(48)35(47)30-36(50)43(44)49)39(45)14-8-5-4-6-9-15-40-46(2,22-13-27-69(57,58)59)34-29-32(71(63,64)65)18-20-38(34)52(40)24-25-66-3/h4-6,8-9,14-15,17-20,28-30H,7,10-13,16,21-27H2,1-3H3,(H3-,54,55,56,57,58,59,60,61,62,63,64,65)/p+1. The minimum Gasteiger partial charge on any atom is -0.420 e. The molecule has 0 saturated heterocycles. The Kier molecular flexibility index (Phi) is 18.9. The summed E-state index contributed by atoms with van der Waals surface area (Å²) in [6.07, 6.45) is 12.7. The Morgan fingerprint density at radius 2 is 1.31 bits per heavy atom. The molecule has 2 aliphatic heterocycles. The fourth-order valence-corrected chi connectivity index (χ4v) is 11.3. The Morgan fingerprint density at radius 1 is 0.732 bits per heavy atom. The highest BCUT2D eigenvalue weighted by molar-refractivity contribution is 14.1. The van der Waals surface area contributed by atoms with E-state index in [0.717, 1.165) is 0 Å². The molecule has 0 radical (unpaired) electrons. The van der Waals surface area contributed by atoms with Crippen LogP contribution in [0.5, 0.6) is 5.75 Å². The van der Waals surface area contributed by atoms with Gasteiger partial charge in [0, 0.05) is 61.0 Å². The molecular formula is C46H53F3IN2O15S4+. The second-order valence-corrected chi connectivity index (χ2v) is 24.3.